The number of benzene rings is 1. The molecular formula is C22H26ClN3O3S. The molecule has 30 heavy (non-hydrogen) atoms. The molecule has 0 bridgehead atoms. The minimum Gasteiger partial charge on any atom is -0.376 e. The van der Waals surface area contributed by atoms with Crippen LogP contribution in [0.4, 0.5) is 5.69 Å². The maximum atomic E-state index is 12.8. The molecular weight excluding hydrogens is 422 g/mol. The van der Waals surface area contributed by atoms with Crippen LogP contribution in [0.5, 0.6) is 0 Å². The van der Waals surface area contributed by atoms with Gasteiger partial charge in [-0.3, -0.25) is 9.36 Å². The molecule has 0 spiro atoms. The standard InChI is InChI=1S/C22H26ClN3O3S/c1-14-17(23)8-4-9-18(14)24-20(27)13-30-21-16-7-2-3-10-19(16)26(22(28)25-21)12-15-6-5-11-29-15/h4,8-9,15H,2-3,5-7,10-13H2,1H3,(H,24,27). The number of amides is 1. The first-order valence-electron chi connectivity index (χ1n) is 10.4. The van der Waals surface area contributed by atoms with Crippen molar-refractivity contribution in [1.82, 2.24) is 9.55 Å². The molecule has 1 unspecified atom stereocenters. The predicted molar refractivity (Wildman–Crippen MR) is 120 cm³/mol. The summed E-state index contributed by atoms with van der Waals surface area (Å²) in [6.45, 7) is 3.22. The smallest absolute Gasteiger partial charge is 0.348 e. The highest BCUT2D eigenvalue weighted by Gasteiger charge is 2.24. The summed E-state index contributed by atoms with van der Waals surface area (Å²) in [4.78, 5) is 29.6. The number of anilines is 1. The van der Waals surface area contributed by atoms with Gasteiger partial charge in [0, 0.05) is 28.6 Å². The van der Waals surface area contributed by atoms with Gasteiger partial charge in [-0.25, -0.2) is 4.79 Å². The van der Waals surface area contributed by atoms with Crippen molar-refractivity contribution in [2.24, 2.45) is 0 Å². The first-order chi connectivity index (χ1) is 14.5. The number of nitrogens with zero attached hydrogens (tertiary/aromatic N) is 2. The van der Waals surface area contributed by atoms with Crippen LogP contribution in [0.25, 0.3) is 0 Å². The first kappa shape index (κ1) is 21.4. The monoisotopic (exact) mass is 447 g/mol. The van der Waals surface area contributed by atoms with Crippen molar-refractivity contribution < 1.29 is 9.53 Å². The van der Waals surface area contributed by atoms with Crippen LogP contribution in [0.15, 0.2) is 28.0 Å². The highest BCUT2D eigenvalue weighted by Crippen LogP contribution is 2.29. The number of carbonyl (C=O) groups excluding carboxylic acids is 1. The summed E-state index contributed by atoms with van der Waals surface area (Å²) in [5, 5.41) is 4.21. The van der Waals surface area contributed by atoms with E-state index in [1.54, 1.807) is 6.07 Å². The quantitative estimate of drug-likeness (QED) is 0.535. The van der Waals surface area contributed by atoms with E-state index < -0.39 is 0 Å². The van der Waals surface area contributed by atoms with Crippen LogP contribution in [0.2, 0.25) is 5.02 Å². The Morgan fingerprint density at radius 1 is 1.33 bits per heavy atom. The van der Waals surface area contributed by atoms with Gasteiger partial charge in [-0.05, 0) is 63.1 Å². The SMILES string of the molecule is Cc1c(Cl)cccc1NC(=O)CSc1nc(=O)n(CC2CCCO2)c2c1CCCC2. The number of hydrogen-bond donors (Lipinski definition) is 1. The largest absolute Gasteiger partial charge is 0.376 e. The van der Waals surface area contributed by atoms with E-state index in [1.807, 2.05) is 23.6 Å². The van der Waals surface area contributed by atoms with Crippen molar-refractivity contribution in [2.75, 3.05) is 17.7 Å². The predicted octanol–water partition coefficient (Wildman–Crippen LogP) is 3.99. The molecule has 1 atom stereocenters. The van der Waals surface area contributed by atoms with Gasteiger partial charge in [-0.1, -0.05) is 29.4 Å². The molecule has 4 rings (SSSR count). The summed E-state index contributed by atoms with van der Waals surface area (Å²) < 4.78 is 7.54. The number of carbonyl (C=O) groups is 1. The third-order valence-electron chi connectivity index (χ3n) is 5.74. The lowest BCUT2D eigenvalue weighted by Crippen LogP contribution is -2.34. The first-order valence-corrected chi connectivity index (χ1v) is 11.8. The Kier molecular flexibility index (Phi) is 6.80. The Morgan fingerprint density at radius 2 is 2.17 bits per heavy atom. The summed E-state index contributed by atoms with van der Waals surface area (Å²) in [5.41, 5.74) is 3.50. The fourth-order valence-corrected chi connectivity index (χ4v) is 5.16. The number of fused-ring (bicyclic) bond motifs is 1. The zero-order valence-electron chi connectivity index (χ0n) is 17.1. The van der Waals surface area contributed by atoms with Crippen LogP contribution in [0.3, 0.4) is 0 Å². The van der Waals surface area contributed by atoms with Crippen LogP contribution >= 0.6 is 23.4 Å². The molecule has 8 heteroatoms. The Bertz CT molecular complexity index is 1000. The van der Waals surface area contributed by atoms with Crippen LogP contribution in [0.1, 0.15) is 42.5 Å². The van der Waals surface area contributed by atoms with Gasteiger partial charge >= 0.3 is 5.69 Å². The van der Waals surface area contributed by atoms with Gasteiger partial charge in [0.1, 0.15) is 5.03 Å². The molecule has 1 aliphatic heterocycles. The van der Waals surface area contributed by atoms with Crippen LogP contribution < -0.4 is 11.0 Å². The summed E-state index contributed by atoms with van der Waals surface area (Å²) >= 11 is 7.47. The summed E-state index contributed by atoms with van der Waals surface area (Å²) in [6, 6.07) is 5.43. The van der Waals surface area contributed by atoms with Crippen molar-refractivity contribution in [3.8, 4) is 0 Å². The minimum atomic E-state index is -0.236. The number of ether oxygens (including phenoxy) is 1. The lowest BCUT2D eigenvalue weighted by molar-refractivity contribution is -0.113. The van der Waals surface area contributed by atoms with E-state index in [2.05, 4.69) is 10.3 Å². The van der Waals surface area contributed by atoms with Gasteiger partial charge in [0.05, 0.1) is 18.4 Å². The van der Waals surface area contributed by atoms with Crippen LogP contribution in [-0.4, -0.2) is 33.9 Å². The molecule has 160 valence electrons. The second-order valence-corrected chi connectivity index (χ2v) is 9.20. The number of aromatic nitrogens is 2. The molecule has 0 radical (unpaired) electrons. The third-order valence-corrected chi connectivity index (χ3v) is 7.17. The Labute approximate surface area is 185 Å². The van der Waals surface area contributed by atoms with Gasteiger partial charge in [0.15, 0.2) is 0 Å². The van der Waals surface area contributed by atoms with E-state index in [0.717, 1.165) is 62.0 Å². The summed E-state index contributed by atoms with van der Waals surface area (Å²) in [7, 11) is 0. The normalized spacial score (nSPS) is 18.3. The molecule has 1 N–H and O–H groups in total. The fourth-order valence-electron chi connectivity index (χ4n) is 4.11. The molecule has 1 saturated heterocycles. The minimum absolute atomic E-state index is 0.0979. The molecule has 1 aromatic carbocycles. The Balaban J connectivity index is 1.50. The van der Waals surface area contributed by atoms with Gasteiger partial charge in [0.25, 0.3) is 0 Å². The van der Waals surface area contributed by atoms with Crippen molar-refractivity contribution in [2.45, 2.75) is 63.1 Å². The molecule has 1 aromatic heterocycles. The van der Waals surface area contributed by atoms with Gasteiger partial charge in [-0.15, -0.1) is 0 Å². The van der Waals surface area contributed by atoms with Gasteiger partial charge in [-0.2, -0.15) is 4.98 Å². The molecule has 6 nitrogen and oxygen atoms in total. The lowest BCUT2D eigenvalue weighted by Gasteiger charge is -2.24. The zero-order valence-corrected chi connectivity index (χ0v) is 18.7. The zero-order chi connectivity index (χ0) is 21.1. The van der Waals surface area contributed by atoms with E-state index in [-0.39, 0.29) is 23.5 Å². The van der Waals surface area contributed by atoms with Crippen LogP contribution in [0, 0.1) is 6.92 Å². The second kappa shape index (κ2) is 9.54. The Morgan fingerprint density at radius 3 is 2.97 bits per heavy atom. The number of thioether (sulfide) groups is 1. The maximum Gasteiger partial charge on any atom is 0.348 e. The number of nitrogens with one attached hydrogen (secondary N) is 1. The topological polar surface area (TPSA) is 73.2 Å². The molecule has 2 heterocycles. The van der Waals surface area contributed by atoms with E-state index in [4.69, 9.17) is 16.3 Å². The highest BCUT2D eigenvalue weighted by atomic mass is 35.5. The summed E-state index contributed by atoms with van der Waals surface area (Å²) in [5.74, 6) is 0.0564. The highest BCUT2D eigenvalue weighted by molar-refractivity contribution is 8.00. The number of halogens is 1. The number of rotatable bonds is 6. The third kappa shape index (κ3) is 4.74. The molecule has 1 amide bonds. The molecule has 2 aliphatic rings. The van der Waals surface area contributed by atoms with E-state index in [1.165, 1.54) is 11.8 Å². The molecule has 2 aromatic rings. The van der Waals surface area contributed by atoms with Crippen molar-refractivity contribution in [3.05, 3.63) is 50.5 Å². The molecule has 1 aliphatic carbocycles. The van der Waals surface area contributed by atoms with Gasteiger partial charge in [0.2, 0.25) is 5.91 Å². The van der Waals surface area contributed by atoms with E-state index >= 15 is 0 Å². The summed E-state index contributed by atoms with van der Waals surface area (Å²) in [6.07, 6.45) is 6.05. The lowest BCUT2D eigenvalue weighted by atomic mass is 9.97. The van der Waals surface area contributed by atoms with E-state index in [9.17, 15) is 9.59 Å². The molecule has 1 fully saturated rings. The fraction of sp³-hybridized carbons (Fsp3) is 0.500. The average molecular weight is 448 g/mol. The van der Waals surface area contributed by atoms with Gasteiger partial charge < -0.3 is 10.1 Å². The van der Waals surface area contributed by atoms with Crippen molar-refractivity contribution in [1.29, 1.82) is 0 Å². The number of hydrogen-bond acceptors (Lipinski definition) is 5. The molecule has 0 saturated carbocycles. The Hall–Kier alpha value is -1.83. The second-order valence-electron chi connectivity index (χ2n) is 7.83. The maximum absolute atomic E-state index is 12.8. The van der Waals surface area contributed by atoms with Crippen LogP contribution in [-0.2, 0) is 28.9 Å². The average Bonchev–Trinajstić information content (AvgIpc) is 3.25. The van der Waals surface area contributed by atoms with Crippen molar-refractivity contribution in [3.63, 3.8) is 0 Å². The van der Waals surface area contributed by atoms with Crippen molar-refractivity contribution >= 4 is 35.0 Å². The van der Waals surface area contributed by atoms with E-state index in [0.29, 0.717) is 22.3 Å².